The summed E-state index contributed by atoms with van der Waals surface area (Å²) in [5, 5.41) is 9.80. The normalized spacial score (nSPS) is 10.5. The molecule has 0 saturated heterocycles. The lowest BCUT2D eigenvalue weighted by molar-refractivity contribution is 0.897. The van der Waals surface area contributed by atoms with Crippen LogP contribution in [0.2, 0.25) is 0 Å². The van der Waals surface area contributed by atoms with Gasteiger partial charge in [0.25, 0.3) is 0 Å². The van der Waals surface area contributed by atoms with Gasteiger partial charge in [-0.1, -0.05) is 0 Å². The average molecular weight is 339 g/mol. The summed E-state index contributed by atoms with van der Waals surface area (Å²) in [7, 11) is 1.96. The number of amidine groups is 1. The van der Waals surface area contributed by atoms with Crippen LogP contribution in [0.4, 0.5) is 5.82 Å². The number of rotatable bonds is 4. The molecule has 0 aromatic carbocycles. The van der Waals surface area contributed by atoms with Crippen molar-refractivity contribution in [3.63, 3.8) is 0 Å². The van der Waals surface area contributed by atoms with Gasteiger partial charge in [0.15, 0.2) is 0 Å². The van der Waals surface area contributed by atoms with Gasteiger partial charge < -0.3 is 10.6 Å². The van der Waals surface area contributed by atoms with E-state index in [1.54, 1.807) is 17.5 Å². The van der Waals surface area contributed by atoms with Crippen molar-refractivity contribution in [1.82, 2.24) is 4.98 Å². The summed E-state index contributed by atoms with van der Waals surface area (Å²) >= 11 is 5.12. The fraction of sp³-hybridized carbons (Fsp3) is 0.231. The number of hydrogen-bond acceptors (Lipinski definition) is 4. The van der Waals surface area contributed by atoms with Gasteiger partial charge in [0.05, 0.1) is 9.35 Å². The molecule has 0 radical (unpaired) electrons. The highest BCUT2D eigenvalue weighted by Crippen LogP contribution is 2.25. The molecule has 2 rings (SSSR count). The Labute approximate surface area is 124 Å². The number of nitrogen functional groups attached to an aromatic ring is 1. The zero-order chi connectivity index (χ0) is 14.0. The van der Waals surface area contributed by atoms with Crippen LogP contribution in [-0.4, -0.2) is 17.9 Å². The molecule has 2 aromatic heterocycles. The Bertz CT molecular complexity index is 608. The second-order valence-electron chi connectivity index (χ2n) is 4.36. The van der Waals surface area contributed by atoms with E-state index in [1.165, 1.54) is 5.56 Å². The van der Waals surface area contributed by atoms with E-state index in [2.05, 4.69) is 32.4 Å². The first kappa shape index (κ1) is 14.0. The fourth-order valence-corrected chi connectivity index (χ4v) is 3.14. The zero-order valence-electron chi connectivity index (χ0n) is 10.8. The standard InChI is InChI=1S/C13H15BrN4S/c1-8-3-4-17-13(11(8)12(15)16)18(2)6-9-5-10(14)19-7-9/h3-5,7H,6H2,1-2H3,(H3,15,16). The zero-order valence-corrected chi connectivity index (χ0v) is 13.2. The maximum absolute atomic E-state index is 7.70. The van der Waals surface area contributed by atoms with Gasteiger partial charge in [-0.15, -0.1) is 11.3 Å². The molecule has 2 aromatic rings. The summed E-state index contributed by atoms with van der Waals surface area (Å²) in [5.74, 6) is 0.800. The Balaban J connectivity index is 2.31. The molecule has 0 aliphatic heterocycles. The van der Waals surface area contributed by atoms with Gasteiger partial charge in [-0.3, -0.25) is 5.41 Å². The molecule has 0 bridgehead atoms. The molecule has 0 aliphatic rings. The van der Waals surface area contributed by atoms with E-state index in [4.69, 9.17) is 11.1 Å². The lowest BCUT2D eigenvalue weighted by Crippen LogP contribution is -2.24. The number of nitrogens with one attached hydrogen (secondary N) is 1. The number of nitrogens with two attached hydrogens (primary N) is 1. The molecule has 0 fully saturated rings. The topological polar surface area (TPSA) is 66.0 Å². The van der Waals surface area contributed by atoms with Gasteiger partial charge in [-0.25, -0.2) is 4.98 Å². The van der Waals surface area contributed by atoms with E-state index in [9.17, 15) is 0 Å². The third-order valence-electron chi connectivity index (χ3n) is 2.81. The van der Waals surface area contributed by atoms with E-state index < -0.39 is 0 Å². The lowest BCUT2D eigenvalue weighted by Gasteiger charge is -2.21. The number of anilines is 1. The highest BCUT2D eigenvalue weighted by molar-refractivity contribution is 9.11. The summed E-state index contributed by atoms with van der Waals surface area (Å²) in [6.45, 7) is 2.68. The van der Waals surface area contributed by atoms with Gasteiger partial charge in [0.2, 0.25) is 0 Å². The van der Waals surface area contributed by atoms with Crippen molar-refractivity contribution in [2.24, 2.45) is 5.73 Å². The molecule has 19 heavy (non-hydrogen) atoms. The number of pyridine rings is 1. The minimum absolute atomic E-state index is 0.0546. The Kier molecular flexibility index (Phi) is 4.21. The van der Waals surface area contributed by atoms with Crippen LogP contribution < -0.4 is 10.6 Å². The third kappa shape index (κ3) is 3.13. The number of halogens is 1. The van der Waals surface area contributed by atoms with Crippen molar-refractivity contribution in [3.8, 4) is 0 Å². The quantitative estimate of drug-likeness (QED) is 0.664. The van der Waals surface area contributed by atoms with Crippen molar-refractivity contribution < 1.29 is 0 Å². The minimum atomic E-state index is 0.0546. The largest absolute Gasteiger partial charge is 0.384 e. The molecular formula is C13H15BrN4S. The molecule has 0 saturated carbocycles. The van der Waals surface area contributed by atoms with Crippen LogP contribution in [-0.2, 0) is 6.54 Å². The summed E-state index contributed by atoms with van der Waals surface area (Å²) < 4.78 is 1.11. The predicted molar refractivity (Wildman–Crippen MR) is 84.1 cm³/mol. The second kappa shape index (κ2) is 5.71. The Hall–Kier alpha value is -1.40. The molecule has 2 heterocycles. The maximum atomic E-state index is 7.70. The molecular weight excluding hydrogens is 324 g/mol. The monoisotopic (exact) mass is 338 g/mol. The molecule has 0 aliphatic carbocycles. The average Bonchev–Trinajstić information content (AvgIpc) is 2.73. The van der Waals surface area contributed by atoms with E-state index in [0.29, 0.717) is 5.56 Å². The highest BCUT2D eigenvalue weighted by atomic mass is 79.9. The maximum Gasteiger partial charge on any atom is 0.139 e. The van der Waals surface area contributed by atoms with Gasteiger partial charge in [0.1, 0.15) is 11.7 Å². The summed E-state index contributed by atoms with van der Waals surface area (Å²) in [4.78, 5) is 6.37. The van der Waals surface area contributed by atoms with Crippen LogP contribution in [0.3, 0.4) is 0 Å². The fourth-order valence-electron chi connectivity index (χ4n) is 1.94. The van der Waals surface area contributed by atoms with Crippen LogP contribution in [0.5, 0.6) is 0 Å². The van der Waals surface area contributed by atoms with E-state index in [-0.39, 0.29) is 5.84 Å². The number of aryl methyl sites for hydroxylation is 1. The summed E-state index contributed by atoms with van der Waals surface area (Å²) in [6.07, 6.45) is 1.75. The lowest BCUT2D eigenvalue weighted by atomic mass is 10.1. The molecule has 6 heteroatoms. The number of hydrogen-bond donors (Lipinski definition) is 2. The Morgan fingerprint density at radius 2 is 2.32 bits per heavy atom. The molecule has 100 valence electrons. The number of thiophene rings is 1. The van der Waals surface area contributed by atoms with Crippen LogP contribution in [0, 0.1) is 12.3 Å². The van der Waals surface area contributed by atoms with Gasteiger partial charge >= 0.3 is 0 Å². The smallest absolute Gasteiger partial charge is 0.139 e. The van der Waals surface area contributed by atoms with Crippen molar-refractivity contribution in [3.05, 3.63) is 44.2 Å². The van der Waals surface area contributed by atoms with Crippen LogP contribution in [0.1, 0.15) is 16.7 Å². The molecule has 0 unspecified atom stereocenters. The summed E-state index contributed by atoms with van der Waals surface area (Å²) in [5.41, 5.74) is 8.54. The molecule has 0 atom stereocenters. The van der Waals surface area contributed by atoms with Crippen LogP contribution >= 0.6 is 27.3 Å². The third-order valence-corrected chi connectivity index (χ3v) is 4.36. The van der Waals surface area contributed by atoms with E-state index in [0.717, 1.165) is 21.7 Å². The molecule has 3 N–H and O–H groups in total. The first-order valence-corrected chi connectivity index (χ1v) is 7.40. The first-order valence-electron chi connectivity index (χ1n) is 5.73. The minimum Gasteiger partial charge on any atom is -0.384 e. The van der Waals surface area contributed by atoms with Crippen LogP contribution in [0.15, 0.2) is 27.5 Å². The Morgan fingerprint density at radius 1 is 1.58 bits per heavy atom. The molecule has 0 spiro atoms. The van der Waals surface area contributed by atoms with Crippen molar-refractivity contribution in [2.45, 2.75) is 13.5 Å². The number of nitrogens with zero attached hydrogens (tertiary/aromatic N) is 2. The van der Waals surface area contributed by atoms with Crippen LogP contribution in [0.25, 0.3) is 0 Å². The highest BCUT2D eigenvalue weighted by Gasteiger charge is 2.14. The van der Waals surface area contributed by atoms with E-state index >= 15 is 0 Å². The van der Waals surface area contributed by atoms with Crippen molar-refractivity contribution in [2.75, 3.05) is 11.9 Å². The SMILES string of the molecule is Cc1ccnc(N(C)Cc2csc(Br)c2)c1C(=N)N. The van der Waals surface area contributed by atoms with Gasteiger partial charge in [-0.2, -0.15) is 0 Å². The van der Waals surface area contributed by atoms with Gasteiger partial charge in [0, 0.05) is 19.8 Å². The van der Waals surface area contributed by atoms with Crippen molar-refractivity contribution >= 4 is 38.9 Å². The van der Waals surface area contributed by atoms with Gasteiger partial charge in [-0.05, 0) is 51.5 Å². The summed E-state index contributed by atoms with van der Waals surface area (Å²) in [6, 6.07) is 3.96. The second-order valence-corrected chi connectivity index (χ2v) is 6.65. The Morgan fingerprint density at radius 3 is 2.89 bits per heavy atom. The molecule has 0 amide bonds. The van der Waals surface area contributed by atoms with E-state index in [1.807, 2.05) is 24.9 Å². The predicted octanol–water partition coefficient (Wildman–Crippen LogP) is 3.13. The molecule has 4 nitrogen and oxygen atoms in total. The number of aromatic nitrogens is 1. The first-order chi connectivity index (χ1) is 8.99. The van der Waals surface area contributed by atoms with Crippen molar-refractivity contribution in [1.29, 1.82) is 5.41 Å².